The molecule has 158 valence electrons. The molecule has 0 heterocycles. The predicted octanol–water partition coefficient (Wildman–Crippen LogP) is 3.50. The molecule has 1 atom stereocenters. The average molecular weight is 399 g/mol. The van der Waals surface area contributed by atoms with Crippen molar-refractivity contribution in [2.75, 3.05) is 27.8 Å². The number of nitrogens with zero attached hydrogens (tertiary/aromatic N) is 1. The summed E-state index contributed by atoms with van der Waals surface area (Å²) in [6, 6.07) is 16.6. The van der Waals surface area contributed by atoms with Crippen LogP contribution in [0.4, 0.5) is 0 Å². The highest BCUT2D eigenvalue weighted by Crippen LogP contribution is 2.27. The van der Waals surface area contributed by atoms with Crippen molar-refractivity contribution in [3.63, 3.8) is 0 Å². The van der Waals surface area contributed by atoms with E-state index in [1.807, 2.05) is 24.3 Å². The zero-order valence-corrected chi connectivity index (χ0v) is 18.4. The number of methoxy groups -OCH3 is 2. The van der Waals surface area contributed by atoms with Crippen molar-refractivity contribution in [2.24, 2.45) is 4.99 Å². The van der Waals surface area contributed by atoms with Gasteiger partial charge in [-0.15, -0.1) is 0 Å². The van der Waals surface area contributed by atoms with Crippen molar-refractivity contribution in [1.82, 2.24) is 16.0 Å². The van der Waals surface area contributed by atoms with E-state index in [1.54, 1.807) is 21.3 Å². The summed E-state index contributed by atoms with van der Waals surface area (Å²) in [7, 11) is 5.05. The number of hydrogen-bond acceptors (Lipinski definition) is 4. The van der Waals surface area contributed by atoms with Gasteiger partial charge < -0.3 is 25.4 Å². The van der Waals surface area contributed by atoms with Crippen LogP contribution in [0.2, 0.25) is 0 Å². The Bertz CT molecular complexity index is 791. The van der Waals surface area contributed by atoms with Crippen LogP contribution in [-0.2, 0) is 6.54 Å². The molecule has 2 rings (SSSR count). The van der Waals surface area contributed by atoms with E-state index in [4.69, 9.17) is 9.47 Å². The Labute approximate surface area is 174 Å². The first-order valence-electron chi connectivity index (χ1n) is 9.86. The minimum absolute atomic E-state index is 0.115. The maximum Gasteiger partial charge on any atom is 0.191 e. The number of hydrogen-bond donors (Lipinski definition) is 3. The lowest BCUT2D eigenvalue weighted by Gasteiger charge is -2.31. The van der Waals surface area contributed by atoms with Crippen molar-refractivity contribution in [2.45, 2.75) is 38.9 Å². The van der Waals surface area contributed by atoms with Gasteiger partial charge in [0.05, 0.1) is 14.2 Å². The molecule has 2 aromatic carbocycles. The molecule has 0 aromatic heterocycles. The molecule has 0 aliphatic carbocycles. The first-order chi connectivity index (χ1) is 13.9. The summed E-state index contributed by atoms with van der Waals surface area (Å²) in [6.07, 6.45) is 0. The Kier molecular flexibility index (Phi) is 8.34. The molecular formula is C23H34N4O2. The highest BCUT2D eigenvalue weighted by Gasteiger charge is 2.21. The molecule has 3 N–H and O–H groups in total. The van der Waals surface area contributed by atoms with Crippen molar-refractivity contribution < 1.29 is 9.47 Å². The van der Waals surface area contributed by atoms with Crippen molar-refractivity contribution in [1.29, 1.82) is 0 Å². The molecule has 29 heavy (non-hydrogen) atoms. The topological polar surface area (TPSA) is 66.9 Å². The first kappa shape index (κ1) is 22.6. The van der Waals surface area contributed by atoms with E-state index in [1.165, 1.54) is 5.56 Å². The maximum absolute atomic E-state index is 5.37. The Balaban J connectivity index is 1.88. The van der Waals surface area contributed by atoms with E-state index < -0.39 is 0 Å². The van der Waals surface area contributed by atoms with Gasteiger partial charge in [0.25, 0.3) is 0 Å². The lowest BCUT2D eigenvalue weighted by atomic mass is 10.0. The summed E-state index contributed by atoms with van der Waals surface area (Å²) in [5, 5.41) is 10.4. The van der Waals surface area contributed by atoms with Crippen molar-refractivity contribution in [3.05, 3.63) is 59.7 Å². The van der Waals surface area contributed by atoms with Gasteiger partial charge in [0, 0.05) is 31.7 Å². The lowest BCUT2D eigenvalue weighted by molar-refractivity contribution is 0.345. The normalized spacial score (nSPS) is 13.0. The van der Waals surface area contributed by atoms with Crippen molar-refractivity contribution in [3.8, 4) is 11.5 Å². The highest BCUT2D eigenvalue weighted by atomic mass is 16.5. The Hall–Kier alpha value is -2.73. The van der Waals surface area contributed by atoms with Gasteiger partial charge in [-0.3, -0.25) is 4.99 Å². The lowest BCUT2D eigenvalue weighted by Crippen LogP contribution is -2.52. The van der Waals surface area contributed by atoms with Gasteiger partial charge >= 0.3 is 0 Å². The van der Waals surface area contributed by atoms with Crippen LogP contribution in [0.3, 0.4) is 0 Å². The largest absolute Gasteiger partial charge is 0.493 e. The second kappa shape index (κ2) is 10.7. The highest BCUT2D eigenvalue weighted by molar-refractivity contribution is 5.79. The molecule has 6 heteroatoms. The van der Waals surface area contributed by atoms with Crippen LogP contribution < -0.4 is 25.4 Å². The van der Waals surface area contributed by atoms with E-state index in [0.717, 1.165) is 29.6 Å². The fourth-order valence-electron chi connectivity index (χ4n) is 3.16. The molecule has 0 saturated heterocycles. The zero-order valence-electron chi connectivity index (χ0n) is 18.4. The van der Waals surface area contributed by atoms with Crippen LogP contribution in [-0.4, -0.2) is 39.3 Å². The molecule has 0 radical (unpaired) electrons. The molecule has 2 aromatic rings. The molecule has 6 nitrogen and oxygen atoms in total. The summed E-state index contributed by atoms with van der Waals surface area (Å²) in [6.45, 7) is 7.91. The molecule has 0 aliphatic heterocycles. The number of guanidine groups is 1. The van der Waals surface area contributed by atoms with Gasteiger partial charge in [0.2, 0.25) is 0 Å². The summed E-state index contributed by atoms with van der Waals surface area (Å²) >= 11 is 0. The number of aliphatic imine (C=N–C) groups is 1. The minimum atomic E-state index is -0.115. The Morgan fingerprint density at radius 1 is 1.00 bits per heavy atom. The molecular weight excluding hydrogens is 364 g/mol. The summed E-state index contributed by atoms with van der Waals surface area (Å²) in [4.78, 5) is 4.33. The van der Waals surface area contributed by atoms with Gasteiger partial charge in [-0.25, -0.2) is 0 Å². The SMILES string of the molecule is CN=C(NCc1ccc(OC)c(OC)c1)NCC(C)(C)NC(C)c1ccccc1. The molecule has 0 saturated carbocycles. The van der Waals surface area contributed by atoms with Gasteiger partial charge in [-0.2, -0.15) is 0 Å². The number of rotatable bonds is 9. The van der Waals surface area contributed by atoms with Crippen LogP contribution in [0.5, 0.6) is 11.5 Å². The molecule has 0 aliphatic rings. The van der Waals surface area contributed by atoms with Crippen LogP contribution in [0, 0.1) is 0 Å². The van der Waals surface area contributed by atoms with E-state index in [0.29, 0.717) is 6.54 Å². The number of benzene rings is 2. The quantitative estimate of drug-likeness (QED) is 0.446. The Morgan fingerprint density at radius 3 is 2.31 bits per heavy atom. The van der Waals surface area contributed by atoms with E-state index in [-0.39, 0.29) is 11.6 Å². The standard InChI is InChI=1S/C23H34N4O2/c1-17(19-10-8-7-9-11-19)27-23(2,3)16-26-22(24-4)25-15-18-12-13-20(28-5)21(14-18)29-6/h7-14,17,27H,15-16H2,1-6H3,(H2,24,25,26). The molecule has 0 bridgehead atoms. The number of ether oxygens (including phenoxy) is 2. The van der Waals surface area contributed by atoms with E-state index >= 15 is 0 Å². The van der Waals surface area contributed by atoms with Gasteiger partial charge in [0.15, 0.2) is 17.5 Å². The third kappa shape index (κ3) is 6.98. The fourth-order valence-corrected chi connectivity index (χ4v) is 3.16. The minimum Gasteiger partial charge on any atom is -0.493 e. The molecule has 1 unspecified atom stereocenters. The second-order valence-electron chi connectivity index (χ2n) is 7.63. The smallest absolute Gasteiger partial charge is 0.191 e. The average Bonchev–Trinajstić information content (AvgIpc) is 2.73. The van der Waals surface area contributed by atoms with E-state index in [2.05, 4.69) is 66.0 Å². The first-order valence-corrected chi connectivity index (χ1v) is 9.86. The predicted molar refractivity (Wildman–Crippen MR) is 120 cm³/mol. The molecule has 0 amide bonds. The third-order valence-corrected chi connectivity index (χ3v) is 4.74. The monoisotopic (exact) mass is 398 g/mol. The maximum atomic E-state index is 5.37. The number of nitrogens with one attached hydrogen (secondary N) is 3. The van der Waals surface area contributed by atoms with Gasteiger partial charge in [-0.05, 0) is 44.0 Å². The summed E-state index contributed by atoms with van der Waals surface area (Å²) in [5.41, 5.74) is 2.24. The van der Waals surface area contributed by atoms with Gasteiger partial charge in [0.1, 0.15) is 0 Å². The third-order valence-electron chi connectivity index (χ3n) is 4.74. The van der Waals surface area contributed by atoms with Crippen LogP contribution in [0.15, 0.2) is 53.5 Å². The summed E-state index contributed by atoms with van der Waals surface area (Å²) in [5.74, 6) is 2.19. The van der Waals surface area contributed by atoms with Gasteiger partial charge in [-0.1, -0.05) is 36.4 Å². The van der Waals surface area contributed by atoms with Crippen LogP contribution >= 0.6 is 0 Å². The van der Waals surface area contributed by atoms with Crippen LogP contribution in [0.1, 0.15) is 37.9 Å². The van der Waals surface area contributed by atoms with Crippen molar-refractivity contribution >= 4 is 5.96 Å². The van der Waals surface area contributed by atoms with Crippen LogP contribution in [0.25, 0.3) is 0 Å². The Morgan fingerprint density at radius 2 is 1.69 bits per heavy atom. The zero-order chi connectivity index (χ0) is 21.3. The summed E-state index contributed by atoms with van der Waals surface area (Å²) < 4.78 is 10.7. The second-order valence-corrected chi connectivity index (χ2v) is 7.63. The molecule has 0 spiro atoms. The van der Waals surface area contributed by atoms with E-state index in [9.17, 15) is 0 Å². The molecule has 0 fully saturated rings. The fraction of sp³-hybridized carbons (Fsp3) is 0.435.